The van der Waals surface area contributed by atoms with Crippen LogP contribution >= 0.6 is 11.6 Å². The smallest absolute Gasteiger partial charge is 0.325 e. The summed E-state index contributed by atoms with van der Waals surface area (Å²) < 4.78 is 4.67. The van der Waals surface area contributed by atoms with E-state index >= 15 is 0 Å². The van der Waals surface area contributed by atoms with Gasteiger partial charge < -0.3 is 9.64 Å². The van der Waals surface area contributed by atoms with Crippen molar-refractivity contribution >= 4 is 23.5 Å². The fourth-order valence-corrected chi connectivity index (χ4v) is 2.98. The number of carbonyl (C=O) groups excluding carboxylic acids is 2. The van der Waals surface area contributed by atoms with Crippen molar-refractivity contribution in [1.82, 2.24) is 4.90 Å². The van der Waals surface area contributed by atoms with E-state index in [2.05, 4.69) is 4.74 Å². The highest BCUT2D eigenvalue weighted by atomic mass is 35.5. The molecule has 1 aliphatic rings. The molecule has 1 amide bonds. The molecule has 0 heterocycles. The second-order valence-corrected chi connectivity index (χ2v) is 5.78. The predicted molar refractivity (Wildman–Crippen MR) is 81.3 cm³/mol. The number of likely N-dealkylation sites (N-methyl/N-ethyl adjacent to an activating group) is 1. The maximum absolute atomic E-state index is 12.9. The molecule has 4 nitrogen and oxygen atoms in total. The lowest BCUT2D eigenvalue weighted by Crippen LogP contribution is -2.52. The third-order valence-electron chi connectivity index (χ3n) is 4.21. The van der Waals surface area contributed by atoms with E-state index in [4.69, 9.17) is 11.6 Å². The number of hydrogen-bond donors (Lipinski definition) is 0. The Hall–Kier alpha value is -1.55. The summed E-state index contributed by atoms with van der Waals surface area (Å²) in [4.78, 5) is 26.0. The summed E-state index contributed by atoms with van der Waals surface area (Å²) in [6.07, 6.45) is 2.60. The minimum absolute atomic E-state index is 0.00580. The van der Waals surface area contributed by atoms with Crippen LogP contribution in [0.25, 0.3) is 0 Å². The lowest BCUT2D eigenvalue weighted by molar-refractivity contribution is -0.150. The first-order chi connectivity index (χ1) is 10.0. The number of halogens is 1. The van der Waals surface area contributed by atoms with Gasteiger partial charge in [0.1, 0.15) is 6.54 Å². The van der Waals surface area contributed by atoms with Crippen LogP contribution in [-0.2, 0) is 19.7 Å². The Kier molecular flexibility index (Phi) is 4.88. The van der Waals surface area contributed by atoms with E-state index in [9.17, 15) is 9.59 Å². The molecule has 0 spiro atoms. The Morgan fingerprint density at radius 2 is 2.10 bits per heavy atom. The van der Waals surface area contributed by atoms with Gasteiger partial charge in [0.05, 0.1) is 12.5 Å². The molecule has 5 heteroatoms. The van der Waals surface area contributed by atoms with E-state index in [0.717, 1.165) is 24.8 Å². The first kappa shape index (κ1) is 15.8. The summed E-state index contributed by atoms with van der Waals surface area (Å²) in [7, 11) is 1.33. The minimum atomic E-state index is -0.533. The zero-order valence-corrected chi connectivity index (χ0v) is 13.2. The van der Waals surface area contributed by atoms with Crippen molar-refractivity contribution in [2.45, 2.75) is 31.6 Å². The van der Waals surface area contributed by atoms with E-state index in [1.54, 1.807) is 11.0 Å². The Morgan fingerprint density at radius 1 is 1.38 bits per heavy atom. The van der Waals surface area contributed by atoms with E-state index in [1.165, 1.54) is 7.11 Å². The van der Waals surface area contributed by atoms with Gasteiger partial charge in [0.15, 0.2) is 0 Å². The standard InChI is InChI=1S/C16H20ClNO3/c1-3-18(11-14(19)21-2)15(20)16(8-5-9-16)12-6-4-7-13(17)10-12/h4,6-7,10H,3,5,8-9,11H2,1-2H3. The number of methoxy groups -OCH3 is 1. The molecule has 1 saturated carbocycles. The average Bonchev–Trinajstić information content (AvgIpc) is 2.43. The summed E-state index contributed by atoms with van der Waals surface area (Å²) in [6.45, 7) is 2.34. The largest absolute Gasteiger partial charge is 0.468 e. The maximum atomic E-state index is 12.9. The number of esters is 1. The lowest BCUT2D eigenvalue weighted by atomic mass is 9.63. The molecule has 0 aromatic heterocycles. The number of amides is 1. The highest BCUT2D eigenvalue weighted by molar-refractivity contribution is 6.30. The van der Waals surface area contributed by atoms with Crippen molar-refractivity contribution in [3.05, 3.63) is 34.9 Å². The third kappa shape index (κ3) is 3.05. The van der Waals surface area contributed by atoms with Gasteiger partial charge in [0.2, 0.25) is 5.91 Å². The second-order valence-electron chi connectivity index (χ2n) is 5.34. The monoisotopic (exact) mass is 309 g/mol. The third-order valence-corrected chi connectivity index (χ3v) is 4.45. The first-order valence-corrected chi connectivity index (χ1v) is 7.53. The SMILES string of the molecule is CCN(CC(=O)OC)C(=O)C1(c2cccc(Cl)c2)CCC1. The van der Waals surface area contributed by atoms with Crippen LogP contribution in [0.2, 0.25) is 5.02 Å². The molecule has 1 fully saturated rings. The molecule has 0 aliphatic heterocycles. The molecule has 0 bridgehead atoms. The summed E-state index contributed by atoms with van der Waals surface area (Å²) >= 11 is 6.06. The average molecular weight is 310 g/mol. The van der Waals surface area contributed by atoms with E-state index in [-0.39, 0.29) is 12.5 Å². The Bertz CT molecular complexity index is 540. The van der Waals surface area contributed by atoms with Crippen molar-refractivity contribution < 1.29 is 14.3 Å². The van der Waals surface area contributed by atoms with Crippen LogP contribution in [-0.4, -0.2) is 37.0 Å². The molecule has 1 aliphatic carbocycles. The van der Waals surface area contributed by atoms with Gasteiger partial charge in [-0.25, -0.2) is 0 Å². The Balaban J connectivity index is 2.27. The topological polar surface area (TPSA) is 46.6 Å². The Labute approximate surface area is 130 Å². The summed E-state index contributed by atoms with van der Waals surface area (Å²) in [5.74, 6) is -0.408. The fourth-order valence-electron chi connectivity index (χ4n) is 2.79. The van der Waals surface area contributed by atoms with Gasteiger partial charge in [-0.1, -0.05) is 30.2 Å². The van der Waals surface area contributed by atoms with Gasteiger partial charge in [-0.05, 0) is 37.5 Å². The molecule has 0 radical (unpaired) electrons. The number of rotatable bonds is 5. The molecule has 21 heavy (non-hydrogen) atoms. The van der Waals surface area contributed by atoms with Crippen molar-refractivity contribution in [3.8, 4) is 0 Å². The summed E-state index contributed by atoms with van der Waals surface area (Å²) in [5.41, 5.74) is 0.407. The quantitative estimate of drug-likeness (QED) is 0.786. The molecule has 1 aromatic rings. The number of hydrogen-bond acceptors (Lipinski definition) is 3. The molecule has 0 N–H and O–H groups in total. The van der Waals surface area contributed by atoms with Crippen LogP contribution in [0.4, 0.5) is 0 Å². The van der Waals surface area contributed by atoms with E-state index in [0.29, 0.717) is 11.6 Å². The molecule has 2 rings (SSSR count). The predicted octanol–water partition coefficient (Wildman–Crippen LogP) is 2.78. The highest BCUT2D eigenvalue weighted by Gasteiger charge is 2.47. The van der Waals surface area contributed by atoms with Crippen molar-refractivity contribution in [2.75, 3.05) is 20.2 Å². The fraction of sp³-hybridized carbons (Fsp3) is 0.500. The molecule has 114 valence electrons. The van der Waals surface area contributed by atoms with Gasteiger partial charge >= 0.3 is 5.97 Å². The van der Waals surface area contributed by atoms with Gasteiger partial charge in [0.25, 0.3) is 0 Å². The van der Waals surface area contributed by atoms with Gasteiger partial charge in [-0.2, -0.15) is 0 Å². The number of benzene rings is 1. The zero-order chi connectivity index (χ0) is 15.5. The van der Waals surface area contributed by atoms with Crippen LogP contribution in [0.1, 0.15) is 31.7 Å². The summed E-state index contributed by atoms with van der Waals surface area (Å²) in [6, 6.07) is 7.45. The number of ether oxygens (including phenoxy) is 1. The normalized spacial score (nSPS) is 16.0. The first-order valence-electron chi connectivity index (χ1n) is 7.15. The van der Waals surface area contributed by atoms with Gasteiger partial charge in [-0.15, -0.1) is 0 Å². The van der Waals surface area contributed by atoms with Crippen molar-refractivity contribution in [2.24, 2.45) is 0 Å². The van der Waals surface area contributed by atoms with Gasteiger partial charge in [0, 0.05) is 11.6 Å². The molecular weight excluding hydrogens is 290 g/mol. The van der Waals surface area contributed by atoms with Crippen LogP contribution in [0, 0.1) is 0 Å². The number of nitrogens with zero attached hydrogens (tertiary/aromatic N) is 1. The van der Waals surface area contributed by atoms with Crippen molar-refractivity contribution in [1.29, 1.82) is 0 Å². The van der Waals surface area contributed by atoms with Crippen LogP contribution in [0.15, 0.2) is 24.3 Å². The van der Waals surface area contributed by atoms with Crippen LogP contribution < -0.4 is 0 Å². The molecule has 0 atom stereocenters. The van der Waals surface area contributed by atoms with Crippen LogP contribution in [0.5, 0.6) is 0 Å². The highest BCUT2D eigenvalue weighted by Crippen LogP contribution is 2.45. The Morgan fingerprint density at radius 3 is 2.57 bits per heavy atom. The van der Waals surface area contributed by atoms with Gasteiger partial charge in [-0.3, -0.25) is 9.59 Å². The van der Waals surface area contributed by atoms with E-state index in [1.807, 2.05) is 25.1 Å². The summed E-state index contributed by atoms with van der Waals surface area (Å²) in [5, 5.41) is 0.627. The maximum Gasteiger partial charge on any atom is 0.325 e. The van der Waals surface area contributed by atoms with Crippen molar-refractivity contribution in [3.63, 3.8) is 0 Å². The minimum Gasteiger partial charge on any atom is -0.468 e. The van der Waals surface area contributed by atoms with E-state index < -0.39 is 11.4 Å². The molecule has 0 unspecified atom stereocenters. The number of carbonyl (C=O) groups is 2. The zero-order valence-electron chi connectivity index (χ0n) is 12.4. The second kappa shape index (κ2) is 6.48. The lowest BCUT2D eigenvalue weighted by Gasteiger charge is -2.43. The van der Waals surface area contributed by atoms with Crippen LogP contribution in [0.3, 0.4) is 0 Å². The molecular formula is C16H20ClNO3. The molecule has 0 saturated heterocycles. The molecule has 1 aromatic carbocycles.